The van der Waals surface area contributed by atoms with Gasteiger partial charge in [-0.1, -0.05) is 49.3 Å². The highest BCUT2D eigenvalue weighted by Gasteiger charge is 2.56. The summed E-state index contributed by atoms with van der Waals surface area (Å²) < 4.78 is 6.25. The number of benzene rings is 1. The van der Waals surface area contributed by atoms with Crippen LogP contribution >= 0.6 is 0 Å². The molecule has 1 aromatic carbocycles. The standard InChI is InChI=1S/C32H46O4/c1-21(20-36-25-9-5-8-24(19-25)30(2,3)35)26-12-13-27-23(7-6-14-31(26,27)4)11-10-22-17-28(33)32(15-16-32)29(34)18-22/h5,8-11,19,21,26-29,33-35H,6-7,12-18,20H2,1-4H3/b23-11+/t21-,26?,27?,28+,29+,31?/m0/s1. The Kier molecular flexibility index (Phi) is 6.93. The SMILES string of the molecule is C[C@@H](COc1cccc(C(C)(C)O)c1)C1CCC2/C(=C/C=C3C[C@@H](O)C4(CC4)[C@H](O)C3)CCCC21C. The van der Waals surface area contributed by atoms with Crippen molar-refractivity contribution in [2.45, 2.75) is 103 Å². The van der Waals surface area contributed by atoms with Crippen LogP contribution in [-0.2, 0) is 5.60 Å². The van der Waals surface area contributed by atoms with Crippen LogP contribution < -0.4 is 4.74 Å². The van der Waals surface area contributed by atoms with Crippen molar-refractivity contribution in [1.29, 1.82) is 0 Å². The second-order valence-corrected chi connectivity index (χ2v) is 13.2. The van der Waals surface area contributed by atoms with E-state index in [1.165, 1.54) is 37.7 Å². The van der Waals surface area contributed by atoms with Crippen LogP contribution in [0.1, 0.15) is 91.0 Å². The fraction of sp³-hybridized carbons (Fsp3) is 0.688. The highest BCUT2D eigenvalue weighted by atomic mass is 16.5. The molecule has 36 heavy (non-hydrogen) atoms. The molecule has 0 amide bonds. The Hall–Kier alpha value is -1.62. The highest BCUT2D eigenvalue weighted by Crippen LogP contribution is 2.60. The van der Waals surface area contributed by atoms with Crippen molar-refractivity contribution < 1.29 is 20.1 Å². The average Bonchev–Trinajstić information content (AvgIpc) is 3.56. The van der Waals surface area contributed by atoms with E-state index in [-0.39, 0.29) is 17.6 Å². The van der Waals surface area contributed by atoms with E-state index in [9.17, 15) is 15.3 Å². The lowest BCUT2D eigenvalue weighted by Crippen LogP contribution is -2.39. The van der Waals surface area contributed by atoms with E-state index in [0.29, 0.717) is 42.6 Å². The van der Waals surface area contributed by atoms with Crippen molar-refractivity contribution in [3.63, 3.8) is 0 Å². The van der Waals surface area contributed by atoms with Crippen molar-refractivity contribution in [3.8, 4) is 5.75 Å². The summed E-state index contributed by atoms with van der Waals surface area (Å²) in [6, 6.07) is 7.86. The summed E-state index contributed by atoms with van der Waals surface area (Å²) >= 11 is 0. The van der Waals surface area contributed by atoms with Crippen LogP contribution in [0.3, 0.4) is 0 Å². The molecule has 3 unspecified atom stereocenters. The zero-order valence-corrected chi connectivity index (χ0v) is 22.7. The Morgan fingerprint density at radius 2 is 1.81 bits per heavy atom. The van der Waals surface area contributed by atoms with E-state index in [2.05, 4.69) is 26.0 Å². The molecule has 198 valence electrons. The predicted molar refractivity (Wildman–Crippen MR) is 144 cm³/mol. The summed E-state index contributed by atoms with van der Waals surface area (Å²) in [5.41, 5.74) is 2.88. The van der Waals surface area contributed by atoms with Gasteiger partial charge in [0.2, 0.25) is 0 Å². The third kappa shape index (κ3) is 4.81. The Bertz CT molecular complexity index is 997. The molecule has 0 aliphatic heterocycles. The van der Waals surface area contributed by atoms with Gasteiger partial charge in [0.25, 0.3) is 0 Å². The van der Waals surface area contributed by atoms with Gasteiger partial charge in [-0.3, -0.25) is 0 Å². The smallest absolute Gasteiger partial charge is 0.119 e. The van der Waals surface area contributed by atoms with Crippen LogP contribution in [0.15, 0.2) is 47.6 Å². The van der Waals surface area contributed by atoms with Crippen molar-refractivity contribution in [3.05, 3.63) is 53.1 Å². The number of aliphatic hydroxyl groups is 3. The molecule has 4 aliphatic carbocycles. The minimum atomic E-state index is -0.871. The van der Waals surface area contributed by atoms with Gasteiger partial charge in [-0.2, -0.15) is 0 Å². The number of hydrogen-bond acceptors (Lipinski definition) is 4. The molecule has 0 saturated heterocycles. The molecule has 5 rings (SSSR count). The van der Waals surface area contributed by atoms with Gasteiger partial charge in [-0.05, 0) is 112 Å². The van der Waals surface area contributed by atoms with E-state index >= 15 is 0 Å². The van der Waals surface area contributed by atoms with Gasteiger partial charge >= 0.3 is 0 Å². The molecule has 4 nitrogen and oxygen atoms in total. The van der Waals surface area contributed by atoms with Crippen molar-refractivity contribution >= 4 is 0 Å². The third-order valence-electron chi connectivity index (χ3n) is 10.4. The number of hydrogen-bond donors (Lipinski definition) is 3. The van der Waals surface area contributed by atoms with Gasteiger partial charge < -0.3 is 20.1 Å². The fourth-order valence-corrected chi connectivity index (χ4v) is 7.90. The lowest BCUT2D eigenvalue weighted by Gasteiger charge is -2.44. The largest absolute Gasteiger partial charge is 0.493 e. The molecule has 0 aromatic heterocycles. The fourth-order valence-electron chi connectivity index (χ4n) is 7.90. The van der Waals surface area contributed by atoms with Gasteiger partial charge in [0.05, 0.1) is 24.4 Å². The number of rotatable bonds is 6. The van der Waals surface area contributed by atoms with E-state index in [4.69, 9.17) is 4.74 Å². The first-order valence-electron chi connectivity index (χ1n) is 14.2. The summed E-state index contributed by atoms with van der Waals surface area (Å²) in [4.78, 5) is 0. The minimum absolute atomic E-state index is 0.194. The molecule has 0 radical (unpaired) electrons. The molecule has 1 spiro atoms. The van der Waals surface area contributed by atoms with Crippen LogP contribution in [0.2, 0.25) is 0 Å². The van der Waals surface area contributed by atoms with Crippen LogP contribution in [0.25, 0.3) is 0 Å². The van der Waals surface area contributed by atoms with Crippen LogP contribution in [-0.4, -0.2) is 34.1 Å². The lowest BCUT2D eigenvalue weighted by atomic mass is 9.61. The maximum atomic E-state index is 10.6. The van der Waals surface area contributed by atoms with Crippen LogP contribution in [0, 0.1) is 28.6 Å². The molecule has 4 heteroatoms. The maximum Gasteiger partial charge on any atom is 0.119 e. The molecule has 0 heterocycles. The number of allylic oxidation sites excluding steroid dienone is 3. The Labute approximate surface area is 217 Å². The van der Waals surface area contributed by atoms with Crippen molar-refractivity contribution in [1.82, 2.24) is 0 Å². The Morgan fingerprint density at radius 1 is 1.08 bits per heavy atom. The van der Waals surface area contributed by atoms with Crippen molar-refractivity contribution in [2.75, 3.05) is 6.61 Å². The van der Waals surface area contributed by atoms with Gasteiger partial charge in [-0.15, -0.1) is 0 Å². The second-order valence-electron chi connectivity index (χ2n) is 13.2. The van der Waals surface area contributed by atoms with Gasteiger partial charge in [0.15, 0.2) is 0 Å². The summed E-state index contributed by atoms with van der Waals surface area (Å²) in [5, 5.41) is 31.6. The first-order chi connectivity index (χ1) is 17.0. The van der Waals surface area contributed by atoms with Gasteiger partial charge in [0, 0.05) is 5.41 Å². The maximum absolute atomic E-state index is 10.6. The first-order valence-corrected chi connectivity index (χ1v) is 14.2. The molecule has 4 aliphatic rings. The molecule has 0 bridgehead atoms. The number of ether oxygens (including phenoxy) is 1. The summed E-state index contributed by atoms with van der Waals surface area (Å²) in [5.74, 6) is 2.54. The monoisotopic (exact) mass is 494 g/mol. The predicted octanol–water partition coefficient (Wildman–Crippen LogP) is 6.29. The first kappa shape index (κ1) is 26.0. The van der Waals surface area contributed by atoms with E-state index < -0.39 is 5.60 Å². The summed E-state index contributed by atoms with van der Waals surface area (Å²) in [6.07, 6.45) is 13.3. The topological polar surface area (TPSA) is 69.9 Å². The minimum Gasteiger partial charge on any atom is -0.493 e. The van der Waals surface area contributed by atoms with Crippen LogP contribution in [0.4, 0.5) is 0 Å². The quantitative estimate of drug-likeness (QED) is 0.434. The van der Waals surface area contributed by atoms with Crippen LogP contribution in [0.5, 0.6) is 5.75 Å². The lowest BCUT2D eigenvalue weighted by molar-refractivity contribution is -0.0225. The number of fused-ring (bicyclic) bond motifs is 1. The van der Waals surface area contributed by atoms with Gasteiger partial charge in [-0.25, -0.2) is 0 Å². The number of aliphatic hydroxyl groups excluding tert-OH is 2. The highest BCUT2D eigenvalue weighted by molar-refractivity contribution is 5.32. The van der Waals surface area contributed by atoms with E-state index in [0.717, 1.165) is 24.2 Å². The van der Waals surface area contributed by atoms with Gasteiger partial charge in [0.1, 0.15) is 5.75 Å². The second kappa shape index (κ2) is 9.60. The zero-order valence-electron chi connectivity index (χ0n) is 22.7. The molecule has 3 N–H and O–H groups in total. The summed E-state index contributed by atoms with van der Waals surface area (Å²) in [6.45, 7) is 9.16. The summed E-state index contributed by atoms with van der Waals surface area (Å²) in [7, 11) is 0. The molecular weight excluding hydrogens is 448 g/mol. The Morgan fingerprint density at radius 3 is 2.47 bits per heavy atom. The van der Waals surface area contributed by atoms with E-state index in [1.54, 1.807) is 19.4 Å². The molecule has 6 atom stereocenters. The zero-order chi connectivity index (χ0) is 25.7. The molecule has 4 fully saturated rings. The molecular formula is C32H46O4. The third-order valence-corrected chi connectivity index (χ3v) is 10.4. The van der Waals surface area contributed by atoms with Crippen molar-refractivity contribution in [2.24, 2.45) is 28.6 Å². The molecule has 1 aromatic rings. The van der Waals surface area contributed by atoms with E-state index in [1.807, 2.05) is 24.3 Å². The average molecular weight is 495 g/mol. The Balaban J connectivity index is 1.24. The normalized spacial score (nSPS) is 35.5. The molecule has 4 saturated carbocycles.